The van der Waals surface area contributed by atoms with Crippen molar-refractivity contribution in [1.29, 1.82) is 0 Å². The summed E-state index contributed by atoms with van der Waals surface area (Å²) in [4.78, 5) is 23.2. The van der Waals surface area contributed by atoms with Crippen LogP contribution in [0.2, 0.25) is 0 Å². The topological polar surface area (TPSA) is 73.9 Å². The lowest BCUT2D eigenvalue weighted by atomic mass is 9.95. The van der Waals surface area contributed by atoms with Crippen LogP contribution in [0.4, 0.5) is 0 Å². The van der Waals surface area contributed by atoms with Gasteiger partial charge in [0, 0.05) is 12.5 Å². The second-order valence-electron chi connectivity index (χ2n) is 7.21. The largest absolute Gasteiger partial charge is 0.460 e. The van der Waals surface area contributed by atoms with Crippen molar-refractivity contribution in [3.8, 4) is 0 Å². The fourth-order valence-corrected chi connectivity index (χ4v) is 2.58. The van der Waals surface area contributed by atoms with Gasteiger partial charge in [0.15, 0.2) is 0 Å². The Morgan fingerprint density at radius 1 is 0.917 bits per heavy atom. The summed E-state index contributed by atoms with van der Waals surface area (Å²) in [5.41, 5.74) is -0.460. The van der Waals surface area contributed by atoms with Gasteiger partial charge >= 0.3 is 5.97 Å². The van der Waals surface area contributed by atoms with Crippen LogP contribution in [0.15, 0.2) is 0 Å². The lowest BCUT2D eigenvalue weighted by molar-refractivity contribution is -0.156. The van der Waals surface area contributed by atoms with E-state index in [1.807, 2.05) is 20.8 Å². The van der Waals surface area contributed by atoms with Crippen molar-refractivity contribution in [3.63, 3.8) is 0 Å². The summed E-state index contributed by atoms with van der Waals surface area (Å²) in [6.45, 7) is 7.06. The number of hydrogen-bond donors (Lipinski definition) is 1. The first kappa shape index (κ1) is 20.9. The number of carbonyl (C=O) groups is 2. The average molecular weight is 343 g/mol. The molecule has 0 saturated heterocycles. The van der Waals surface area contributed by atoms with Crippen molar-refractivity contribution >= 4 is 11.9 Å². The van der Waals surface area contributed by atoms with Gasteiger partial charge in [-0.05, 0) is 33.6 Å². The molecule has 0 bridgehead atoms. The second-order valence-corrected chi connectivity index (χ2v) is 7.21. The van der Waals surface area contributed by atoms with Gasteiger partial charge in [0.1, 0.15) is 5.60 Å². The molecule has 24 heavy (non-hydrogen) atoms. The fraction of sp³-hybridized carbons (Fsp3) is 0.889. The zero-order chi connectivity index (χ0) is 17.8. The Morgan fingerprint density at radius 3 is 2.08 bits per heavy atom. The standard InChI is InChI=1S/C18H33NO5/c1-18(2,3)24-17(21)10-12-23-14-13-22-11-9-16(20)19-15-7-5-4-6-8-15/h15H,4-14H2,1-3H3,(H,19,20). The minimum absolute atomic E-state index is 0.0627. The maximum Gasteiger partial charge on any atom is 0.308 e. The Hall–Kier alpha value is -1.14. The minimum atomic E-state index is -0.460. The normalized spacial score (nSPS) is 16.0. The predicted molar refractivity (Wildman–Crippen MR) is 91.7 cm³/mol. The molecule has 1 N–H and O–H groups in total. The van der Waals surface area contributed by atoms with Crippen LogP contribution in [-0.4, -0.2) is 49.9 Å². The maximum atomic E-state index is 11.8. The number of nitrogens with one attached hydrogen (secondary N) is 1. The molecule has 0 spiro atoms. The van der Waals surface area contributed by atoms with Crippen LogP contribution >= 0.6 is 0 Å². The van der Waals surface area contributed by atoms with Crippen molar-refractivity contribution in [1.82, 2.24) is 5.32 Å². The van der Waals surface area contributed by atoms with Gasteiger partial charge in [-0.2, -0.15) is 0 Å². The molecule has 0 aromatic rings. The van der Waals surface area contributed by atoms with E-state index in [9.17, 15) is 9.59 Å². The van der Waals surface area contributed by atoms with E-state index in [-0.39, 0.29) is 18.3 Å². The molecule has 0 aromatic heterocycles. The van der Waals surface area contributed by atoms with Gasteiger partial charge in [0.2, 0.25) is 5.91 Å². The molecule has 0 unspecified atom stereocenters. The molecule has 0 heterocycles. The summed E-state index contributed by atoms with van der Waals surface area (Å²) in [5, 5.41) is 3.06. The Labute approximate surface area is 145 Å². The van der Waals surface area contributed by atoms with E-state index in [0.717, 1.165) is 12.8 Å². The van der Waals surface area contributed by atoms with Crippen LogP contribution < -0.4 is 5.32 Å². The highest BCUT2D eigenvalue weighted by molar-refractivity contribution is 5.76. The van der Waals surface area contributed by atoms with E-state index in [4.69, 9.17) is 14.2 Å². The third kappa shape index (κ3) is 11.4. The Morgan fingerprint density at radius 2 is 1.50 bits per heavy atom. The summed E-state index contributed by atoms with van der Waals surface area (Å²) in [6.07, 6.45) is 6.51. The van der Waals surface area contributed by atoms with Crippen LogP contribution in [-0.2, 0) is 23.8 Å². The van der Waals surface area contributed by atoms with Gasteiger partial charge in [-0.3, -0.25) is 9.59 Å². The number of hydrogen-bond acceptors (Lipinski definition) is 5. The van der Waals surface area contributed by atoms with Crippen LogP contribution in [0, 0.1) is 0 Å². The number of esters is 1. The molecule has 1 rings (SSSR count). The fourth-order valence-electron chi connectivity index (χ4n) is 2.58. The zero-order valence-corrected chi connectivity index (χ0v) is 15.4. The smallest absolute Gasteiger partial charge is 0.308 e. The highest BCUT2D eigenvalue weighted by Gasteiger charge is 2.16. The van der Waals surface area contributed by atoms with Crippen LogP contribution in [0.3, 0.4) is 0 Å². The molecule has 0 radical (unpaired) electrons. The Balaban J connectivity index is 1.89. The Kier molecular flexibility index (Phi) is 9.95. The van der Waals surface area contributed by atoms with Gasteiger partial charge in [-0.1, -0.05) is 19.3 Å². The quantitative estimate of drug-likeness (QED) is 0.487. The van der Waals surface area contributed by atoms with Crippen LogP contribution in [0.5, 0.6) is 0 Å². The maximum absolute atomic E-state index is 11.8. The molecular formula is C18H33NO5. The molecule has 6 heteroatoms. The third-order valence-electron chi connectivity index (χ3n) is 3.69. The highest BCUT2D eigenvalue weighted by Crippen LogP contribution is 2.17. The molecule has 1 fully saturated rings. The van der Waals surface area contributed by atoms with E-state index in [0.29, 0.717) is 38.9 Å². The lowest BCUT2D eigenvalue weighted by Gasteiger charge is -2.22. The molecule has 1 aliphatic rings. The summed E-state index contributed by atoms with van der Waals surface area (Å²) in [7, 11) is 0. The zero-order valence-electron chi connectivity index (χ0n) is 15.4. The summed E-state index contributed by atoms with van der Waals surface area (Å²) in [6, 6.07) is 0.349. The molecule has 1 saturated carbocycles. The molecular weight excluding hydrogens is 310 g/mol. The van der Waals surface area contributed by atoms with Crippen molar-refractivity contribution in [2.75, 3.05) is 26.4 Å². The van der Waals surface area contributed by atoms with E-state index < -0.39 is 5.60 Å². The van der Waals surface area contributed by atoms with E-state index in [2.05, 4.69) is 5.32 Å². The van der Waals surface area contributed by atoms with Gasteiger partial charge in [0.25, 0.3) is 0 Å². The van der Waals surface area contributed by atoms with Crippen LogP contribution in [0.1, 0.15) is 65.7 Å². The van der Waals surface area contributed by atoms with Gasteiger partial charge < -0.3 is 19.5 Å². The summed E-state index contributed by atoms with van der Waals surface area (Å²) in [5.74, 6) is -0.199. The van der Waals surface area contributed by atoms with Gasteiger partial charge in [0.05, 0.1) is 32.8 Å². The first-order valence-electron chi connectivity index (χ1n) is 9.03. The van der Waals surface area contributed by atoms with Crippen LogP contribution in [0.25, 0.3) is 0 Å². The first-order valence-corrected chi connectivity index (χ1v) is 9.03. The van der Waals surface area contributed by atoms with Gasteiger partial charge in [-0.15, -0.1) is 0 Å². The number of amides is 1. The number of rotatable bonds is 10. The van der Waals surface area contributed by atoms with Crippen molar-refractivity contribution in [3.05, 3.63) is 0 Å². The molecule has 0 aliphatic heterocycles. The van der Waals surface area contributed by atoms with Crippen molar-refractivity contribution in [2.24, 2.45) is 0 Å². The Bertz CT molecular complexity index is 372. The predicted octanol–water partition coefficient (Wildman–Crippen LogP) is 2.59. The second kappa shape index (κ2) is 11.4. The van der Waals surface area contributed by atoms with Gasteiger partial charge in [-0.25, -0.2) is 0 Å². The molecule has 6 nitrogen and oxygen atoms in total. The monoisotopic (exact) mass is 343 g/mol. The lowest BCUT2D eigenvalue weighted by Crippen LogP contribution is -2.36. The summed E-state index contributed by atoms with van der Waals surface area (Å²) >= 11 is 0. The average Bonchev–Trinajstić information content (AvgIpc) is 2.49. The van der Waals surface area contributed by atoms with E-state index in [1.165, 1.54) is 19.3 Å². The molecule has 1 amide bonds. The van der Waals surface area contributed by atoms with Crippen molar-refractivity contribution < 1.29 is 23.8 Å². The first-order chi connectivity index (χ1) is 11.4. The van der Waals surface area contributed by atoms with Crippen molar-refractivity contribution in [2.45, 2.75) is 77.4 Å². The molecule has 0 atom stereocenters. The summed E-state index contributed by atoms with van der Waals surface area (Å²) < 4.78 is 15.9. The van der Waals surface area contributed by atoms with E-state index in [1.54, 1.807) is 0 Å². The molecule has 140 valence electrons. The van der Waals surface area contributed by atoms with E-state index >= 15 is 0 Å². The SMILES string of the molecule is CC(C)(C)OC(=O)CCOCCOCCC(=O)NC1CCCCC1. The number of carbonyl (C=O) groups excluding carboxylic acids is 2. The number of ether oxygens (including phenoxy) is 3. The molecule has 0 aromatic carbocycles. The third-order valence-corrected chi connectivity index (χ3v) is 3.69. The molecule has 1 aliphatic carbocycles. The minimum Gasteiger partial charge on any atom is -0.460 e. The highest BCUT2D eigenvalue weighted by atomic mass is 16.6.